The number of ether oxygens (including phenoxy) is 3. The van der Waals surface area contributed by atoms with Gasteiger partial charge in [-0.05, 0) is 178 Å². The summed E-state index contributed by atoms with van der Waals surface area (Å²) < 4.78 is 17.7. The number of nitrogens with zero attached hydrogens (tertiary/aromatic N) is 5. The van der Waals surface area contributed by atoms with Crippen molar-refractivity contribution in [3.8, 4) is 17.5 Å². The van der Waals surface area contributed by atoms with Gasteiger partial charge in [-0.15, -0.1) is 0 Å². The molecule has 4 aliphatic rings. The summed E-state index contributed by atoms with van der Waals surface area (Å²) in [6, 6.07) is 26.3. The average Bonchev–Trinajstić information content (AvgIpc) is 1.03. The molecular formula is C83H126BrN7O11. The Balaban J connectivity index is 0.000000268. The number of aliphatic hydroxyl groups excluding tert-OH is 2. The summed E-state index contributed by atoms with van der Waals surface area (Å²) in [6.45, 7) is 41.8. The number of piperidine rings is 1. The molecule has 0 saturated carbocycles. The monoisotopic (exact) mass is 1480 g/mol. The van der Waals surface area contributed by atoms with Gasteiger partial charge in [-0.2, -0.15) is 9.59 Å². The van der Waals surface area contributed by atoms with Crippen molar-refractivity contribution in [2.24, 2.45) is 5.92 Å². The predicted octanol–water partition coefficient (Wildman–Crippen LogP) is 15.6. The highest BCUT2D eigenvalue weighted by Gasteiger charge is 2.31. The van der Waals surface area contributed by atoms with Gasteiger partial charge in [0.2, 0.25) is 23.6 Å². The Labute approximate surface area is 620 Å². The smallest absolute Gasteiger partial charge is 0.373 e. The number of carboxylic acids is 1. The van der Waals surface area contributed by atoms with Crippen molar-refractivity contribution in [3.05, 3.63) is 139 Å². The van der Waals surface area contributed by atoms with E-state index in [1.807, 2.05) is 25.3 Å². The fourth-order valence-corrected chi connectivity index (χ4v) is 13.5. The second-order valence-corrected chi connectivity index (χ2v) is 33.9. The first-order chi connectivity index (χ1) is 47.8. The van der Waals surface area contributed by atoms with E-state index in [1.54, 1.807) is 14.2 Å². The molecule has 2 aromatic heterocycles. The van der Waals surface area contributed by atoms with Crippen molar-refractivity contribution in [2.45, 2.75) is 285 Å². The highest BCUT2D eigenvalue weighted by atomic mass is 79.9. The lowest BCUT2D eigenvalue weighted by molar-refractivity contribution is -0.191. The van der Waals surface area contributed by atoms with E-state index in [9.17, 15) is 19.5 Å². The molecular weight excluding hydrogens is 1350 g/mol. The van der Waals surface area contributed by atoms with Crippen LogP contribution in [0.4, 0.5) is 0 Å². The van der Waals surface area contributed by atoms with Gasteiger partial charge in [0.1, 0.15) is 17.5 Å². The fourth-order valence-electron chi connectivity index (χ4n) is 12.5. The minimum Gasteiger partial charge on any atom is -0.494 e. The van der Waals surface area contributed by atoms with Crippen LogP contribution in [0.1, 0.15) is 257 Å². The van der Waals surface area contributed by atoms with Gasteiger partial charge in [0.05, 0.1) is 38.3 Å². The van der Waals surface area contributed by atoms with Crippen LogP contribution >= 0.6 is 15.9 Å². The van der Waals surface area contributed by atoms with Gasteiger partial charge in [0.25, 0.3) is 0 Å². The molecule has 0 aliphatic carbocycles. The molecule has 6 heterocycles. The number of hydrogen-bond donors (Lipinski definition) is 5. The lowest BCUT2D eigenvalue weighted by atomic mass is 9.86. The molecule has 4 atom stereocenters. The minimum absolute atomic E-state index is 0.0186. The van der Waals surface area contributed by atoms with Gasteiger partial charge < -0.3 is 40.2 Å². The minimum atomic E-state index is -0.694. The zero-order valence-electron chi connectivity index (χ0n) is 65.4. The van der Waals surface area contributed by atoms with Crippen LogP contribution in [0, 0.1) is 12.8 Å². The van der Waals surface area contributed by atoms with Gasteiger partial charge >= 0.3 is 12.1 Å². The summed E-state index contributed by atoms with van der Waals surface area (Å²) in [6.07, 6.45) is 17.4. The number of pyridine rings is 1. The van der Waals surface area contributed by atoms with Gasteiger partial charge in [0.15, 0.2) is 0 Å². The van der Waals surface area contributed by atoms with Crippen molar-refractivity contribution in [2.75, 3.05) is 47.1 Å². The third-order valence-corrected chi connectivity index (χ3v) is 19.5. The molecule has 4 fully saturated rings. The van der Waals surface area contributed by atoms with Crippen LogP contribution in [0.15, 0.2) is 83.5 Å². The largest absolute Gasteiger partial charge is 0.494 e. The van der Waals surface area contributed by atoms with Crippen LogP contribution in [0.2, 0.25) is 0 Å². The van der Waals surface area contributed by atoms with E-state index in [1.165, 1.54) is 38.9 Å². The summed E-state index contributed by atoms with van der Waals surface area (Å²) in [5.74, 6) is 2.42. The first-order valence-electron chi connectivity index (χ1n) is 36.9. The standard InChI is InChI=1S/C18H28N2O2.C17H24BrNO2.C17H25NO.C16H26O2.C14H23N3O2.CO2/c1-12-11-15(18(2,3)4)20-17(22-5)14(12)8-6-7-13-9-10-16(21)19-13;1-17(2,3)13-8-7-12(10-14(13)18)11-19-9-5-4-6-15(19)16(20)21;1-17(2,3)14-9-7-13(8-10-14)5-4-6-15-11-12-16(19)18-15;1-13(17)7-5-6-12-18-15-10-8-14(9-11-15)16(2,3)4;1-14(2,3)12-5-15-11(13(16-12)19-4)8-17-6-10(7-17)9-18;2-1-3/h11,13H,6-10H2,1-5H3,(H,19,21);7-8,10,15H,4-6,9,11H2,1-3H3,(H,20,21);7-10,15H,4-6,11-12H2,1-3H3,(H,18,19);8-11,13,17H,5-7,12H2,1-4H3;5,10,18H,6-9H2,1-4H3;/t13-;2*15-;13-;;/m1010../s1. The number of nitrogens with one attached hydrogen (secondary N) is 2. The maximum atomic E-state index is 11.4. The second-order valence-electron chi connectivity index (χ2n) is 33.0. The van der Waals surface area contributed by atoms with Gasteiger partial charge in [-0.25, -0.2) is 9.97 Å². The summed E-state index contributed by atoms with van der Waals surface area (Å²) in [5.41, 5.74) is 12.4. The number of aliphatic hydroxyl groups is 2. The molecule has 3 aromatic carbocycles. The van der Waals surface area contributed by atoms with Crippen molar-refractivity contribution in [1.82, 2.24) is 35.4 Å². The molecule has 4 saturated heterocycles. The number of aliphatic carboxylic acids is 1. The fraction of sp³-hybridized carbons (Fsp3) is 0.627. The van der Waals surface area contributed by atoms with E-state index in [2.05, 4.69) is 218 Å². The van der Waals surface area contributed by atoms with E-state index in [-0.39, 0.29) is 63.8 Å². The molecule has 5 aromatic rings. The zero-order chi connectivity index (χ0) is 76.2. The van der Waals surface area contributed by atoms with Gasteiger partial charge in [-0.3, -0.25) is 29.2 Å². The van der Waals surface area contributed by atoms with Crippen LogP contribution in [0.3, 0.4) is 0 Å². The van der Waals surface area contributed by atoms with Crippen molar-refractivity contribution < 1.29 is 53.5 Å². The molecule has 4 aliphatic heterocycles. The zero-order valence-corrected chi connectivity index (χ0v) is 67.0. The Morgan fingerprint density at radius 3 is 1.67 bits per heavy atom. The van der Waals surface area contributed by atoms with Crippen LogP contribution < -0.4 is 24.8 Å². The number of carbonyl (C=O) groups is 3. The Morgan fingerprint density at radius 1 is 0.667 bits per heavy atom. The van der Waals surface area contributed by atoms with Crippen LogP contribution in [0.25, 0.3) is 0 Å². The highest BCUT2D eigenvalue weighted by molar-refractivity contribution is 9.10. The number of halogens is 1. The number of hydrogen-bond acceptors (Lipinski definition) is 15. The van der Waals surface area contributed by atoms with Crippen molar-refractivity contribution >= 4 is 39.9 Å². The molecule has 0 bridgehead atoms. The first kappa shape index (κ1) is 87.8. The Hall–Kier alpha value is -6.60. The van der Waals surface area contributed by atoms with E-state index in [0.29, 0.717) is 43.3 Å². The first-order valence-corrected chi connectivity index (χ1v) is 37.7. The predicted molar refractivity (Wildman–Crippen MR) is 410 cm³/mol. The van der Waals surface area contributed by atoms with Gasteiger partial charge in [-0.1, -0.05) is 175 Å². The summed E-state index contributed by atoms with van der Waals surface area (Å²) in [7, 11) is 3.32. The van der Waals surface area contributed by atoms with Crippen molar-refractivity contribution in [3.63, 3.8) is 0 Å². The number of carboxylic acid groups (broad SMARTS) is 1. The number of methoxy groups -OCH3 is 2. The lowest BCUT2D eigenvalue weighted by Gasteiger charge is -2.38. The molecule has 566 valence electrons. The molecule has 0 unspecified atom stereocenters. The van der Waals surface area contributed by atoms with E-state index < -0.39 is 5.97 Å². The van der Waals surface area contributed by atoms with E-state index in [4.69, 9.17) is 39.0 Å². The summed E-state index contributed by atoms with van der Waals surface area (Å²) in [5, 5.41) is 33.5. The number of rotatable bonds is 22. The molecule has 9 rings (SSSR count). The molecule has 0 radical (unpaired) electrons. The summed E-state index contributed by atoms with van der Waals surface area (Å²) in [4.78, 5) is 68.0. The Bertz CT molecular complexity index is 3390. The van der Waals surface area contributed by atoms with Crippen molar-refractivity contribution in [1.29, 1.82) is 0 Å². The molecule has 0 spiro atoms. The van der Waals surface area contributed by atoms with E-state index >= 15 is 0 Å². The maximum absolute atomic E-state index is 11.4. The number of amides is 2. The van der Waals surface area contributed by atoms with E-state index in [0.717, 1.165) is 156 Å². The molecule has 2 amide bonds. The molecule has 5 N–H and O–H groups in total. The number of aryl methyl sites for hydroxylation is 2. The topological polar surface area (TPSA) is 243 Å². The average molecular weight is 1480 g/mol. The Morgan fingerprint density at radius 2 is 1.20 bits per heavy atom. The number of unbranched alkanes of at least 4 members (excludes halogenated alkanes) is 1. The summed E-state index contributed by atoms with van der Waals surface area (Å²) >= 11 is 3.66. The normalized spacial score (nSPS) is 17.5. The molecule has 18 nitrogen and oxygen atoms in total. The highest BCUT2D eigenvalue weighted by Crippen LogP contribution is 2.34. The number of aromatic nitrogens is 3. The lowest BCUT2D eigenvalue weighted by Crippen LogP contribution is -2.47. The third kappa shape index (κ3) is 31.0. The molecule has 19 heteroatoms. The van der Waals surface area contributed by atoms with Gasteiger partial charge in [0, 0.05) is 90.7 Å². The van der Waals surface area contributed by atoms with Crippen LogP contribution in [0.5, 0.6) is 17.5 Å². The number of likely N-dealkylation sites (tertiary alicyclic amines) is 2. The second kappa shape index (κ2) is 41.8. The van der Waals surface area contributed by atoms with Crippen LogP contribution in [-0.2, 0) is 77.0 Å². The Kier molecular flexibility index (Phi) is 36.0. The third-order valence-electron chi connectivity index (χ3n) is 18.8. The molecule has 102 heavy (non-hydrogen) atoms. The maximum Gasteiger partial charge on any atom is 0.373 e. The van der Waals surface area contributed by atoms with Crippen LogP contribution in [-0.4, -0.2) is 135 Å². The number of carbonyl (C=O) groups excluding carboxylic acids is 4. The number of benzene rings is 3. The SMILES string of the molecule is CC(C)(C)c1ccc(CCC[C@@H]2CCC(=O)N2)cc1.CC(C)(C)c1ccc(CN2CCCC[C@H]2C(=O)O)cc1Br.COc1nc(C(C)(C)C)cc(C)c1CCC[C@@H]1CCC(=O)N1.COc1nc(C(C)(C)C)cnc1CN1CC(CO)C1.C[C@H](O)CCCCOc1ccc(C(C)(C)C)cc1.O=C=O. The quantitative estimate of drug-likeness (QED) is 0.0405.